The molecule has 0 fully saturated rings. The highest BCUT2D eigenvalue weighted by molar-refractivity contribution is 5.86. The molecule has 0 aromatic carbocycles. The molecule has 0 saturated heterocycles. The minimum absolute atomic E-state index is 0.328. The SMILES string of the molecule is COC(=O)C1N=C(CCNC(=O)OC(C)(C)C)OC1C. The van der Waals surface area contributed by atoms with Gasteiger partial charge in [-0.15, -0.1) is 0 Å². The molecule has 1 N–H and O–H groups in total. The van der Waals surface area contributed by atoms with Crippen molar-refractivity contribution in [3.8, 4) is 0 Å². The third-order valence-electron chi connectivity index (χ3n) is 2.50. The fourth-order valence-corrected chi connectivity index (χ4v) is 1.64. The minimum atomic E-state index is -0.628. The van der Waals surface area contributed by atoms with Crippen LogP contribution in [0, 0.1) is 0 Å². The number of aliphatic imine (C=N–C) groups is 1. The van der Waals surface area contributed by atoms with Gasteiger partial charge < -0.3 is 19.5 Å². The Labute approximate surface area is 118 Å². The summed E-state index contributed by atoms with van der Waals surface area (Å²) in [6.07, 6.45) is -0.440. The van der Waals surface area contributed by atoms with Crippen LogP contribution in [-0.2, 0) is 19.0 Å². The Kier molecular flexibility index (Phi) is 5.35. The van der Waals surface area contributed by atoms with E-state index < -0.39 is 23.7 Å². The zero-order chi connectivity index (χ0) is 15.3. The summed E-state index contributed by atoms with van der Waals surface area (Å²) >= 11 is 0. The van der Waals surface area contributed by atoms with E-state index in [0.29, 0.717) is 18.9 Å². The van der Waals surface area contributed by atoms with Crippen LogP contribution in [0.2, 0.25) is 0 Å². The van der Waals surface area contributed by atoms with Crippen molar-refractivity contribution in [2.45, 2.75) is 51.9 Å². The number of carbonyl (C=O) groups excluding carboxylic acids is 2. The van der Waals surface area contributed by atoms with Gasteiger partial charge in [0.1, 0.15) is 11.7 Å². The summed E-state index contributed by atoms with van der Waals surface area (Å²) in [6.45, 7) is 7.45. The number of alkyl carbamates (subject to hydrolysis) is 1. The summed E-state index contributed by atoms with van der Waals surface area (Å²) in [5, 5.41) is 2.60. The minimum Gasteiger partial charge on any atom is -0.475 e. The Bertz CT molecular complexity index is 400. The summed E-state index contributed by atoms with van der Waals surface area (Å²) in [5.41, 5.74) is -0.532. The van der Waals surface area contributed by atoms with Gasteiger partial charge in [0.25, 0.3) is 0 Å². The normalized spacial score (nSPS) is 21.8. The van der Waals surface area contributed by atoms with Gasteiger partial charge in [0.2, 0.25) is 0 Å². The van der Waals surface area contributed by atoms with E-state index in [1.807, 2.05) is 0 Å². The van der Waals surface area contributed by atoms with Crippen molar-refractivity contribution in [1.82, 2.24) is 5.32 Å². The lowest BCUT2D eigenvalue weighted by atomic mass is 10.2. The molecule has 7 heteroatoms. The van der Waals surface area contributed by atoms with Crippen molar-refractivity contribution in [1.29, 1.82) is 0 Å². The average molecular weight is 286 g/mol. The molecule has 114 valence electrons. The van der Waals surface area contributed by atoms with E-state index >= 15 is 0 Å². The Morgan fingerprint density at radius 2 is 2.05 bits per heavy atom. The van der Waals surface area contributed by atoms with Crippen LogP contribution >= 0.6 is 0 Å². The number of nitrogens with zero attached hydrogens (tertiary/aromatic N) is 1. The molecule has 1 aliphatic rings. The summed E-state index contributed by atoms with van der Waals surface area (Å²) in [7, 11) is 1.31. The fraction of sp³-hybridized carbons (Fsp3) is 0.769. The summed E-state index contributed by atoms with van der Waals surface area (Å²) in [4.78, 5) is 27.0. The van der Waals surface area contributed by atoms with E-state index in [1.165, 1.54) is 7.11 Å². The van der Waals surface area contributed by atoms with Crippen molar-refractivity contribution >= 4 is 18.0 Å². The maximum absolute atomic E-state index is 11.4. The summed E-state index contributed by atoms with van der Waals surface area (Å²) < 4.78 is 15.2. The van der Waals surface area contributed by atoms with Gasteiger partial charge in [0, 0.05) is 13.0 Å². The smallest absolute Gasteiger partial charge is 0.407 e. The van der Waals surface area contributed by atoms with E-state index in [2.05, 4.69) is 15.0 Å². The van der Waals surface area contributed by atoms with Crippen molar-refractivity contribution in [3.05, 3.63) is 0 Å². The highest BCUT2D eigenvalue weighted by atomic mass is 16.6. The third kappa shape index (κ3) is 5.07. The number of methoxy groups -OCH3 is 1. The number of ether oxygens (including phenoxy) is 3. The lowest BCUT2D eigenvalue weighted by Crippen LogP contribution is -2.33. The Hall–Kier alpha value is -1.79. The molecular formula is C13H22N2O5. The lowest BCUT2D eigenvalue weighted by Gasteiger charge is -2.19. The number of nitrogens with one attached hydrogen (secondary N) is 1. The van der Waals surface area contributed by atoms with Crippen LogP contribution in [0.4, 0.5) is 4.79 Å². The van der Waals surface area contributed by atoms with E-state index in [-0.39, 0.29) is 6.10 Å². The zero-order valence-electron chi connectivity index (χ0n) is 12.6. The molecule has 2 unspecified atom stereocenters. The van der Waals surface area contributed by atoms with Gasteiger partial charge in [-0.1, -0.05) is 0 Å². The van der Waals surface area contributed by atoms with Crippen LogP contribution in [0.5, 0.6) is 0 Å². The third-order valence-corrected chi connectivity index (χ3v) is 2.50. The molecular weight excluding hydrogens is 264 g/mol. The summed E-state index contributed by atoms with van der Waals surface area (Å²) in [5.74, 6) is 0.0107. The van der Waals surface area contributed by atoms with Gasteiger partial charge in [0.05, 0.1) is 7.11 Å². The molecule has 0 radical (unpaired) electrons. The fourth-order valence-electron chi connectivity index (χ4n) is 1.64. The van der Waals surface area contributed by atoms with Gasteiger partial charge in [0.15, 0.2) is 11.9 Å². The molecule has 0 spiro atoms. The Morgan fingerprint density at radius 3 is 2.60 bits per heavy atom. The van der Waals surface area contributed by atoms with Crippen molar-refractivity contribution in [2.75, 3.05) is 13.7 Å². The van der Waals surface area contributed by atoms with E-state index in [0.717, 1.165) is 0 Å². The maximum Gasteiger partial charge on any atom is 0.407 e. The second-order valence-electron chi connectivity index (χ2n) is 5.49. The van der Waals surface area contributed by atoms with Crippen LogP contribution in [0.1, 0.15) is 34.1 Å². The first-order valence-corrected chi connectivity index (χ1v) is 6.51. The molecule has 0 bridgehead atoms. The van der Waals surface area contributed by atoms with Crippen LogP contribution < -0.4 is 5.32 Å². The second kappa shape index (κ2) is 6.58. The number of rotatable bonds is 4. The first kappa shape index (κ1) is 16.3. The van der Waals surface area contributed by atoms with Crippen molar-refractivity contribution in [2.24, 2.45) is 4.99 Å². The monoisotopic (exact) mass is 286 g/mol. The first-order chi connectivity index (χ1) is 9.23. The number of hydrogen-bond donors (Lipinski definition) is 1. The van der Waals surface area contributed by atoms with Crippen molar-refractivity contribution in [3.63, 3.8) is 0 Å². The molecule has 1 heterocycles. The van der Waals surface area contributed by atoms with E-state index in [1.54, 1.807) is 27.7 Å². The van der Waals surface area contributed by atoms with Crippen LogP contribution in [0.15, 0.2) is 4.99 Å². The maximum atomic E-state index is 11.4. The first-order valence-electron chi connectivity index (χ1n) is 6.51. The summed E-state index contributed by atoms with van der Waals surface area (Å²) in [6, 6.07) is -0.628. The van der Waals surface area contributed by atoms with Gasteiger partial charge >= 0.3 is 12.1 Å². The van der Waals surface area contributed by atoms with Crippen LogP contribution in [-0.4, -0.2) is 49.4 Å². The van der Waals surface area contributed by atoms with Gasteiger partial charge in [-0.05, 0) is 27.7 Å². The van der Waals surface area contributed by atoms with E-state index in [4.69, 9.17) is 9.47 Å². The van der Waals surface area contributed by atoms with Crippen LogP contribution in [0.3, 0.4) is 0 Å². The molecule has 0 aromatic heterocycles. The molecule has 1 rings (SSSR count). The number of esters is 1. The standard InChI is InChI=1S/C13H22N2O5/c1-8-10(11(16)18-5)15-9(19-8)6-7-14-12(17)20-13(2,3)4/h8,10H,6-7H2,1-5H3,(H,14,17). The second-order valence-corrected chi connectivity index (χ2v) is 5.49. The molecule has 7 nitrogen and oxygen atoms in total. The number of carbonyl (C=O) groups is 2. The predicted molar refractivity (Wildman–Crippen MR) is 72.6 cm³/mol. The molecule has 1 aliphatic heterocycles. The van der Waals surface area contributed by atoms with Crippen molar-refractivity contribution < 1.29 is 23.8 Å². The molecule has 20 heavy (non-hydrogen) atoms. The molecule has 1 amide bonds. The Morgan fingerprint density at radius 1 is 1.40 bits per heavy atom. The highest BCUT2D eigenvalue weighted by Crippen LogP contribution is 2.16. The van der Waals surface area contributed by atoms with E-state index in [9.17, 15) is 9.59 Å². The quantitative estimate of drug-likeness (QED) is 0.786. The highest BCUT2D eigenvalue weighted by Gasteiger charge is 2.33. The Balaban J connectivity index is 2.36. The zero-order valence-corrected chi connectivity index (χ0v) is 12.6. The van der Waals surface area contributed by atoms with Gasteiger partial charge in [-0.2, -0.15) is 0 Å². The van der Waals surface area contributed by atoms with Gasteiger partial charge in [-0.25, -0.2) is 14.6 Å². The van der Waals surface area contributed by atoms with Crippen LogP contribution in [0.25, 0.3) is 0 Å². The molecule has 2 atom stereocenters. The number of amides is 1. The molecule has 0 aliphatic carbocycles. The largest absolute Gasteiger partial charge is 0.475 e. The average Bonchev–Trinajstić information content (AvgIpc) is 2.67. The topological polar surface area (TPSA) is 86.2 Å². The number of hydrogen-bond acceptors (Lipinski definition) is 6. The predicted octanol–water partition coefficient (Wildman–Crippen LogP) is 1.26. The molecule has 0 aromatic rings. The molecule has 0 saturated carbocycles. The lowest BCUT2D eigenvalue weighted by molar-refractivity contribution is -0.143. The van der Waals surface area contributed by atoms with Gasteiger partial charge in [-0.3, -0.25) is 0 Å².